The number of hydrogen-bond donors (Lipinski definition) is 1. The number of imidazole rings is 1. The molecule has 0 saturated carbocycles. The molecule has 1 N–H and O–H groups in total. The molecule has 4 nitrogen and oxygen atoms in total. The summed E-state index contributed by atoms with van der Waals surface area (Å²) in [4.78, 5) is 6.88. The molecule has 0 unspecified atom stereocenters. The summed E-state index contributed by atoms with van der Waals surface area (Å²) < 4.78 is 2.08. The normalized spacial score (nSPS) is 18.0. The van der Waals surface area contributed by atoms with Crippen molar-refractivity contribution < 1.29 is 0 Å². The topological polar surface area (TPSA) is 32.6 Å². The highest BCUT2D eigenvalue weighted by molar-refractivity contribution is 5.47. The lowest BCUT2D eigenvalue weighted by atomic mass is 10.2. The fourth-order valence-corrected chi connectivity index (χ4v) is 2.24. The van der Waals surface area contributed by atoms with Crippen LogP contribution in [0.25, 0.3) is 5.65 Å². The first kappa shape index (κ1) is 9.81. The lowest BCUT2D eigenvalue weighted by molar-refractivity contribution is 0.233. The van der Waals surface area contributed by atoms with Crippen LogP contribution in [0.4, 0.5) is 0 Å². The number of nitrogens with one attached hydrogen (secondary N) is 1. The quantitative estimate of drug-likeness (QED) is 0.803. The summed E-state index contributed by atoms with van der Waals surface area (Å²) in [7, 11) is 0. The largest absolute Gasteiger partial charge is 0.314 e. The van der Waals surface area contributed by atoms with Crippen LogP contribution >= 0.6 is 0 Å². The average Bonchev–Trinajstić information content (AvgIpc) is 2.80. The smallest absolute Gasteiger partial charge is 0.141 e. The fraction of sp³-hybridized carbons (Fsp3) is 0.417. The van der Waals surface area contributed by atoms with Gasteiger partial charge >= 0.3 is 0 Å². The van der Waals surface area contributed by atoms with Gasteiger partial charge in [0.15, 0.2) is 0 Å². The zero-order valence-corrected chi connectivity index (χ0v) is 9.26. The van der Waals surface area contributed by atoms with Crippen LogP contribution in [0.2, 0.25) is 0 Å². The average molecular weight is 216 g/mol. The molecule has 0 radical (unpaired) electrons. The molecule has 4 heteroatoms. The summed E-state index contributed by atoms with van der Waals surface area (Å²) >= 11 is 0. The van der Waals surface area contributed by atoms with Gasteiger partial charge in [0.2, 0.25) is 0 Å². The lowest BCUT2D eigenvalue weighted by Crippen LogP contribution is -2.42. The molecular formula is C12H16N4. The van der Waals surface area contributed by atoms with Crippen LogP contribution in [0.1, 0.15) is 5.56 Å². The second-order valence-corrected chi connectivity index (χ2v) is 4.22. The molecule has 0 aromatic carbocycles. The Morgan fingerprint density at radius 2 is 2.12 bits per heavy atom. The van der Waals surface area contributed by atoms with Crippen molar-refractivity contribution in [3.8, 4) is 0 Å². The first-order valence-corrected chi connectivity index (χ1v) is 5.77. The van der Waals surface area contributed by atoms with Gasteiger partial charge in [-0.25, -0.2) is 4.98 Å². The van der Waals surface area contributed by atoms with Crippen LogP contribution in [0.5, 0.6) is 0 Å². The Kier molecular flexibility index (Phi) is 2.60. The number of hydrogen-bond acceptors (Lipinski definition) is 3. The standard InChI is InChI=1S/C12H16N4/c1-2-11(10-15-7-3-13-4-8-15)12-14-5-9-16(12)6-1/h1-2,5-6,9,13H,3-4,7-8,10H2. The summed E-state index contributed by atoms with van der Waals surface area (Å²) in [5.74, 6) is 0. The first-order valence-electron chi connectivity index (χ1n) is 5.77. The van der Waals surface area contributed by atoms with E-state index in [1.165, 1.54) is 5.56 Å². The molecule has 16 heavy (non-hydrogen) atoms. The molecule has 0 bridgehead atoms. The summed E-state index contributed by atoms with van der Waals surface area (Å²) in [6.07, 6.45) is 5.90. The number of pyridine rings is 1. The molecule has 3 heterocycles. The highest BCUT2D eigenvalue weighted by Gasteiger charge is 2.11. The molecule has 84 valence electrons. The van der Waals surface area contributed by atoms with Crippen molar-refractivity contribution in [3.63, 3.8) is 0 Å². The van der Waals surface area contributed by atoms with E-state index in [1.54, 1.807) is 0 Å². The third kappa shape index (κ3) is 1.81. The second-order valence-electron chi connectivity index (χ2n) is 4.22. The van der Waals surface area contributed by atoms with E-state index in [-0.39, 0.29) is 0 Å². The van der Waals surface area contributed by atoms with Crippen molar-refractivity contribution in [2.45, 2.75) is 6.54 Å². The molecule has 2 aromatic heterocycles. The molecule has 1 aliphatic rings. The van der Waals surface area contributed by atoms with Gasteiger partial charge in [-0.2, -0.15) is 0 Å². The highest BCUT2D eigenvalue weighted by atomic mass is 15.2. The van der Waals surface area contributed by atoms with E-state index in [0.29, 0.717) is 0 Å². The van der Waals surface area contributed by atoms with E-state index in [9.17, 15) is 0 Å². The van der Waals surface area contributed by atoms with Crippen LogP contribution in [0.3, 0.4) is 0 Å². The van der Waals surface area contributed by atoms with E-state index in [0.717, 1.165) is 38.4 Å². The van der Waals surface area contributed by atoms with E-state index >= 15 is 0 Å². The number of aromatic nitrogens is 2. The third-order valence-electron chi connectivity index (χ3n) is 3.10. The first-order chi connectivity index (χ1) is 7.93. The van der Waals surface area contributed by atoms with E-state index in [1.807, 2.05) is 18.6 Å². The number of nitrogens with zero attached hydrogens (tertiary/aromatic N) is 3. The van der Waals surface area contributed by atoms with Crippen molar-refractivity contribution in [1.82, 2.24) is 19.6 Å². The SMILES string of the molecule is c1cc(CN2CCNCC2)c2nccn2c1. The predicted octanol–water partition coefficient (Wildman–Crippen LogP) is 0.739. The van der Waals surface area contributed by atoms with Crippen molar-refractivity contribution in [1.29, 1.82) is 0 Å². The molecule has 0 amide bonds. The third-order valence-corrected chi connectivity index (χ3v) is 3.10. The molecule has 3 rings (SSSR count). The van der Waals surface area contributed by atoms with E-state index in [4.69, 9.17) is 0 Å². The zero-order valence-electron chi connectivity index (χ0n) is 9.26. The summed E-state index contributed by atoms with van der Waals surface area (Å²) in [6.45, 7) is 5.45. The van der Waals surface area contributed by atoms with E-state index in [2.05, 4.69) is 31.7 Å². The Hall–Kier alpha value is -1.39. The minimum Gasteiger partial charge on any atom is -0.314 e. The van der Waals surface area contributed by atoms with Gasteiger partial charge in [0.25, 0.3) is 0 Å². The molecule has 1 aliphatic heterocycles. The Labute approximate surface area is 94.9 Å². The molecule has 2 aromatic rings. The molecule has 0 atom stereocenters. The number of piperazine rings is 1. The lowest BCUT2D eigenvalue weighted by Gasteiger charge is -2.27. The van der Waals surface area contributed by atoms with Gasteiger partial charge in [0, 0.05) is 56.9 Å². The molecule has 1 saturated heterocycles. The Bertz CT molecular complexity index is 471. The van der Waals surface area contributed by atoms with Gasteiger partial charge in [0.1, 0.15) is 5.65 Å². The minimum atomic E-state index is 1.00. The zero-order chi connectivity index (χ0) is 10.8. The molecule has 0 aliphatic carbocycles. The number of rotatable bonds is 2. The monoisotopic (exact) mass is 216 g/mol. The van der Waals surface area contributed by atoms with Gasteiger partial charge in [0.05, 0.1) is 0 Å². The van der Waals surface area contributed by atoms with Crippen LogP contribution in [-0.4, -0.2) is 40.5 Å². The van der Waals surface area contributed by atoms with Crippen molar-refractivity contribution in [3.05, 3.63) is 36.3 Å². The van der Waals surface area contributed by atoms with Gasteiger partial charge in [-0.15, -0.1) is 0 Å². The Morgan fingerprint density at radius 1 is 1.25 bits per heavy atom. The number of fused-ring (bicyclic) bond motifs is 1. The Morgan fingerprint density at radius 3 is 3.00 bits per heavy atom. The predicted molar refractivity (Wildman–Crippen MR) is 63.3 cm³/mol. The fourth-order valence-electron chi connectivity index (χ4n) is 2.24. The van der Waals surface area contributed by atoms with E-state index < -0.39 is 0 Å². The highest BCUT2D eigenvalue weighted by Crippen LogP contribution is 2.11. The molecular weight excluding hydrogens is 200 g/mol. The summed E-state index contributed by atoms with van der Waals surface area (Å²) in [5.41, 5.74) is 2.40. The molecule has 0 spiro atoms. The second kappa shape index (κ2) is 4.23. The van der Waals surface area contributed by atoms with Crippen LogP contribution < -0.4 is 5.32 Å². The summed E-state index contributed by atoms with van der Waals surface area (Å²) in [6, 6.07) is 4.26. The van der Waals surface area contributed by atoms with Gasteiger partial charge in [-0.3, -0.25) is 4.90 Å². The van der Waals surface area contributed by atoms with Crippen molar-refractivity contribution in [2.24, 2.45) is 0 Å². The maximum absolute atomic E-state index is 4.40. The van der Waals surface area contributed by atoms with Crippen LogP contribution in [0.15, 0.2) is 30.7 Å². The minimum absolute atomic E-state index is 1.00. The Balaban J connectivity index is 1.85. The van der Waals surface area contributed by atoms with Gasteiger partial charge in [-0.05, 0) is 6.07 Å². The van der Waals surface area contributed by atoms with Crippen molar-refractivity contribution >= 4 is 5.65 Å². The van der Waals surface area contributed by atoms with Crippen LogP contribution in [-0.2, 0) is 6.54 Å². The maximum atomic E-state index is 4.40. The van der Waals surface area contributed by atoms with Gasteiger partial charge < -0.3 is 9.72 Å². The summed E-state index contributed by atoms with van der Waals surface area (Å²) in [5, 5.41) is 3.37. The maximum Gasteiger partial charge on any atom is 0.141 e. The van der Waals surface area contributed by atoms with Crippen molar-refractivity contribution in [2.75, 3.05) is 26.2 Å². The van der Waals surface area contributed by atoms with Gasteiger partial charge in [-0.1, -0.05) is 6.07 Å². The van der Waals surface area contributed by atoms with Crippen LogP contribution in [0, 0.1) is 0 Å². The molecule has 1 fully saturated rings.